The van der Waals surface area contributed by atoms with Crippen molar-refractivity contribution in [2.45, 2.75) is 91.7 Å². The summed E-state index contributed by atoms with van der Waals surface area (Å²) in [6.45, 7) is 18.8. The SMILES string of the molecule is C=C(C)/C(C)=C\CNB(Cc1ccc(CC(c2ccccc2)C(C)CCC)cc1)C(C=CC)CCC. The maximum absolute atomic E-state index is 4.08. The molecule has 1 nitrogen and oxygen atoms in total. The molecule has 0 aromatic heterocycles. The average molecular weight is 484 g/mol. The molecule has 36 heavy (non-hydrogen) atoms. The third-order valence-electron chi connectivity index (χ3n) is 7.63. The van der Waals surface area contributed by atoms with Crippen LogP contribution in [0.25, 0.3) is 0 Å². The van der Waals surface area contributed by atoms with Crippen LogP contribution in [0.15, 0.2) is 90.6 Å². The summed E-state index contributed by atoms with van der Waals surface area (Å²) in [6, 6.07) is 20.6. The summed E-state index contributed by atoms with van der Waals surface area (Å²) in [5.74, 6) is 1.78. The van der Waals surface area contributed by atoms with Crippen molar-refractivity contribution in [3.8, 4) is 0 Å². The van der Waals surface area contributed by atoms with Crippen molar-refractivity contribution in [1.29, 1.82) is 0 Å². The fourth-order valence-corrected chi connectivity index (χ4v) is 5.25. The zero-order valence-electron chi connectivity index (χ0n) is 23.9. The lowest BCUT2D eigenvalue weighted by atomic mass is 9.46. The molecule has 3 unspecified atom stereocenters. The van der Waals surface area contributed by atoms with Crippen molar-refractivity contribution in [3.63, 3.8) is 0 Å². The van der Waals surface area contributed by atoms with E-state index in [1.54, 1.807) is 0 Å². The van der Waals surface area contributed by atoms with Crippen molar-refractivity contribution < 1.29 is 0 Å². The van der Waals surface area contributed by atoms with Gasteiger partial charge in [0.2, 0.25) is 6.85 Å². The fraction of sp³-hybridized carbons (Fsp3) is 0.471. The van der Waals surface area contributed by atoms with Crippen LogP contribution in [-0.2, 0) is 12.7 Å². The third-order valence-corrected chi connectivity index (χ3v) is 7.63. The lowest BCUT2D eigenvalue weighted by Gasteiger charge is -2.25. The Morgan fingerprint density at radius 2 is 1.58 bits per heavy atom. The molecule has 0 spiro atoms. The van der Waals surface area contributed by atoms with Crippen LogP contribution < -0.4 is 5.23 Å². The Morgan fingerprint density at radius 3 is 2.17 bits per heavy atom. The predicted octanol–water partition coefficient (Wildman–Crippen LogP) is 9.38. The van der Waals surface area contributed by atoms with Gasteiger partial charge in [-0.3, -0.25) is 0 Å². The van der Waals surface area contributed by atoms with E-state index in [9.17, 15) is 0 Å². The van der Waals surface area contributed by atoms with E-state index in [2.05, 4.69) is 126 Å². The molecule has 2 heteroatoms. The molecule has 1 N–H and O–H groups in total. The van der Waals surface area contributed by atoms with Crippen LogP contribution in [0.3, 0.4) is 0 Å². The van der Waals surface area contributed by atoms with Crippen molar-refractivity contribution in [2.75, 3.05) is 6.54 Å². The summed E-state index contributed by atoms with van der Waals surface area (Å²) in [5.41, 5.74) is 6.75. The van der Waals surface area contributed by atoms with Gasteiger partial charge in [0.05, 0.1) is 0 Å². The number of hydrogen-bond donors (Lipinski definition) is 1. The van der Waals surface area contributed by atoms with E-state index >= 15 is 0 Å². The molecule has 194 valence electrons. The van der Waals surface area contributed by atoms with Crippen LogP contribution in [0.1, 0.15) is 89.8 Å². The van der Waals surface area contributed by atoms with Crippen LogP contribution in [-0.4, -0.2) is 13.4 Å². The van der Waals surface area contributed by atoms with Gasteiger partial charge in [-0.05, 0) is 62.3 Å². The molecule has 3 atom stereocenters. The Bertz CT molecular complexity index is 941. The summed E-state index contributed by atoms with van der Waals surface area (Å²) in [5, 5.41) is 3.85. The largest absolute Gasteiger partial charge is 0.352 e. The molecule has 0 aliphatic rings. The molecule has 0 aliphatic carbocycles. The number of nitrogens with one attached hydrogen (secondary N) is 1. The van der Waals surface area contributed by atoms with E-state index in [-0.39, 0.29) is 0 Å². The first kappa shape index (κ1) is 29.9. The second kappa shape index (κ2) is 16.4. The van der Waals surface area contributed by atoms with Gasteiger partial charge in [-0.25, -0.2) is 0 Å². The van der Waals surface area contributed by atoms with Crippen molar-refractivity contribution >= 4 is 6.85 Å². The molecule has 2 aromatic rings. The van der Waals surface area contributed by atoms with Crippen molar-refractivity contribution in [2.24, 2.45) is 5.92 Å². The van der Waals surface area contributed by atoms with Crippen LogP contribution >= 0.6 is 0 Å². The highest BCUT2D eigenvalue weighted by Crippen LogP contribution is 2.31. The standard InChI is InChI=1S/C34H50BN/c1-8-14-29(7)34(32-17-12-11-13-18-32)25-30-19-21-31(22-20-30)26-35(33(15-9-2)16-10-3)36-24-23-28(6)27(4)5/h9,11-13,15,17-23,29,33-34,36H,4,8,10,14,16,24-26H2,1-3,5-7H3/b15-9?,28-23-. The summed E-state index contributed by atoms with van der Waals surface area (Å²) in [4.78, 5) is 0. The summed E-state index contributed by atoms with van der Waals surface area (Å²) >= 11 is 0. The van der Waals surface area contributed by atoms with E-state index < -0.39 is 0 Å². The molecule has 2 rings (SSSR count). The first-order valence-corrected chi connectivity index (χ1v) is 14.2. The van der Waals surface area contributed by atoms with E-state index in [0.717, 1.165) is 24.9 Å². The van der Waals surface area contributed by atoms with Crippen molar-refractivity contribution in [3.05, 3.63) is 107 Å². The zero-order valence-corrected chi connectivity index (χ0v) is 23.9. The number of benzene rings is 2. The Labute approximate surface area is 223 Å². The van der Waals surface area contributed by atoms with E-state index in [4.69, 9.17) is 0 Å². The van der Waals surface area contributed by atoms with Crippen LogP contribution in [0, 0.1) is 5.92 Å². The lowest BCUT2D eigenvalue weighted by molar-refractivity contribution is 0.421. The van der Waals surface area contributed by atoms with Gasteiger partial charge < -0.3 is 5.23 Å². The minimum Gasteiger partial charge on any atom is -0.352 e. The molecule has 0 amide bonds. The van der Waals surface area contributed by atoms with Crippen LogP contribution in [0.5, 0.6) is 0 Å². The molecule has 0 aliphatic heterocycles. The quantitative estimate of drug-likeness (QED) is 0.142. The Balaban J connectivity index is 2.17. The predicted molar refractivity (Wildman–Crippen MR) is 163 cm³/mol. The average Bonchev–Trinajstić information content (AvgIpc) is 2.88. The Morgan fingerprint density at radius 1 is 0.944 bits per heavy atom. The lowest BCUT2D eigenvalue weighted by Crippen LogP contribution is -2.40. The molecule has 0 radical (unpaired) electrons. The highest BCUT2D eigenvalue weighted by Gasteiger charge is 2.23. The second-order valence-electron chi connectivity index (χ2n) is 10.7. The maximum Gasteiger partial charge on any atom is 0.232 e. The molecule has 0 saturated carbocycles. The Kier molecular flexibility index (Phi) is 13.7. The molecular weight excluding hydrogens is 433 g/mol. The molecular formula is C34H50BN. The highest BCUT2D eigenvalue weighted by atomic mass is 14.8. The molecule has 0 heterocycles. The zero-order chi connectivity index (χ0) is 26.3. The van der Waals surface area contributed by atoms with Gasteiger partial charge in [-0.2, -0.15) is 0 Å². The fourth-order valence-electron chi connectivity index (χ4n) is 5.25. The molecule has 0 saturated heterocycles. The number of hydrogen-bond acceptors (Lipinski definition) is 1. The summed E-state index contributed by atoms with van der Waals surface area (Å²) in [7, 11) is 0. The molecule has 2 aromatic carbocycles. The van der Waals surface area contributed by atoms with Gasteiger partial charge in [0.25, 0.3) is 0 Å². The Hall–Kier alpha value is -2.32. The highest BCUT2D eigenvalue weighted by molar-refractivity contribution is 6.58. The minimum absolute atomic E-state index is 0.419. The van der Waals surface area contributed by atoms with Crippen LogP contribution in [0.4, 0.5) is 0 Å². The molecule has 0 fully saturated rings. The summed E-state index contributed by atoms with van der Waals surface area (Å²) in [6.07, 6.45) is 14.0. The van der Waals surface area contributed by atoms with E-state index in [0.29, 0.717) is 24.5 Å². The van der Waals surface area contributed by atoms with E-state index in [1.807, 2.05) is 0 Å². The number of allylic oxidation sites excluding steroid dienone is 4. The number of rotatable bonds is 16. The van der Waals surface area contributed by atoms with Gasteiger partial charge in [0.1, 0.15) is 0 Å². The first-order chi connectivity index (χ1) is 17.4. The normalized spacial score (nSPS) is 14.6. The van der Waals surface area contributed by atoms with E-state index in [1.165, 1.54) is 47.9 Å². The third kappa shape index (κ3) is 9.98. The van der Waals surface area contributed by atoms with Gasteiger partial charge in [0, 0.05) is 6.54 Å². The van der Waals surface area contributed by atoms with Gasteiger partial charge in [0.15, 0.2) is 0 Å². The van der Waals surface area contributed by atoms with Gasteiger partial charge in [-0.1, -0.05) is 143 Å². The van der Waals surface area contributed by atoms with Crippen molar-refractivity contribution in [1.82, 2.24) is 5.23 Å². The topological polar surface area (TPSA) is 12.0 Å². The smallest absolute Gasteiger partial charge is 0.232 e. The van der Waals surface area contributed by atoms with Crippen LogP contribution in [0.2, 0.25) is 5.82 Å². The second-order valence-corrected chi connectivity index (χ2v) is 10.7. The van der Waals surface area contributed by atoms with Gasteiger partial charge >= 0.3 is 0 Å². The minimum atomic E-state index is 0.419. The maximum atomic E-state index is 4.08. The van der Waals surface area contributed by atoms with Gasteiger partial charge in [-0.15, -0.1) is 0 Å². The summed E-state index contributed by atoms with van der Waals surface area (Å²) < 4.78 is 0. The molecule has 0 bridgehead atoms. The monoisotopic (exact) mass is 483 g/mol. The first-order valence-electron chi connectivity index (χ1n) is 14.2.